The van der Waals surface area contributed by atoms with Gasteiger partial charge < -0.3 is 19.4 Å². The fraction of sp³-hybridized carbons (Fsp3) is 0.381. The number of hydrogen-bond donors (Lipinski definition) is 2. The number of benzene rings is 1. The van der Waals surface area contributed by atoms with Crippen molar-refractivity contribution in [3.63, 3.8) is 0 Å². The lowest BCUT2D eigenvalue weighted by Gasteiger charge is -2.21. The Morgan fingerprint density at radius 3 is 2.72 bits per heavy atom. The third-order valence-electron chi connectivity index (χ3n) is 4.94. The maximum atomic E-state index is 12.7. The highest BCUT2D eigenvalue weighted by atomic mass is 32.1. The molecule has 0 aliphatic rings. The quantitative estimate of drug-likeness (QED) is 0.550. The first-order chi connectivity index (χ1) is 13.9. The van der Waals surface area contributed by atoms with Gasteiger partial charge in [-0.1, -0.05) is 18.2 Å². The molecule has 29 heavy (non-hydrogen) atoms. The Hall–Kier alpha value is -2.71. The SMILES string of the molecule is CCOC(=O)c1sc2nc([C@@H](C)[NH+](C)CCOc3ccccc3)[nH]c(=O)c2c1C. The van der Waals surface area contributed by atoms with Crippen LogP contribution in [0.1, 0.15) is 40.9 Å². The Bertz CT molecular complexity index is 1050. The molecular formula is C21H26N3O4S+. The van der Waals surface area contributed by atoms with Gasteiger partial charge in [-0.2, -0.15) is 0 Å². The van der Waals surface area contributed by atoms with Crippen molar-refractivity contribution < 1.29 is 19.2 Å². The van der Waals surface area contributed by atoms with Crippen molar-refractivity contribution in [2.45, 2.75) is 26.8 Å². The first kappa shape index (κ1) is 21.0. The van der Waals surface area contributed by atoms with E-state index in [0.29, 0.717) is 33.1 Å². The van der Waals surface area contributed by atoms with E-state index in [4.69, 9.17) is 9.47 Å². The number of para-hydroxylation sites is 1. The maximum Gasteiger partial charge on any atom is 0.348 e. The minimum atomic E-state index is -0.414. The topological polar surface area (TPSA) is 85.7 Å². The lowest BCUT2D eigenvalue weighted by Crippen LogP contribution is -3.09. The summed E-state index contributed by atoms with van der Waals surface area (Å²) in [5, 5.41) is 0.457. The van der Waals surface area contributed by atoms with E-state index in [0.717, 1.165) is 17.2 Å². The number of ether oxygens (including phenoxy) is 2. The summed E-state index contributed by atoms with van der Waals surface area (Å²) in [6.07, 6.45) is 0. The Balaban J connectivity index is 1.76. The number of aryl methyl sites for hydroxylation is 1. The number of aromatic amines is 1. The van der Waals surface area contributed by atoms with Gasteiger partial charge in [0.2, 0.25) is 0 Å². The van der Waals surface area contributed by atoms with E-state index >= 15 is 0 Å². The predicted octanol–water partition coefficient (Wildman–Crippen LogP) is 2.12. The van der Waals surface area contributed by atoms with Crippen molar-refractivity contribution in [1.82, 2.24) is 9.97 Å². The molecule has 1 unspecified atom stereocenters. The number of esters is 1. The van der Waals surface area contributed by atoms with Gasteiger partial charge in [0.15, 0.2) is 5.82 Å². The van der Waals surface area contributed by atoms with E-state index in [-0.39, 0.29) is 18.2 Å². The fourth-order valence-corrected chi connectivity index (χ4v) is 4.14. The normalized spacial score (nSPS) is 13.2. The van der Waals surface area contributed by atoms with Crippen LogP contribution in [0.3, 0.4) is 0 Å². The zero-order valence-electron chi connectivity index (χ0n) is 17.1. The van der Waals surface area contributed by atoms with Crippen LogP contribution in [0.4, 0.5) is 0 Å². The van der Waals surface area contributed by atoms with Crippen LogP contribution in [-0.2, 0) is 4.74 Å². The Morgan fingerprint density at radius 2 is 2.03 bits per heavy atom. The highest BCUT2D eigenvalue weighted by molar-refractivity contribution is 7.20. The Labute approximate surface area is 173 Å². The van der Waals surface area contributed by atoms with Crippen molar-refractivity contribution in [1.29, 1.82) is 0 Å². The molecule has 0 bridgehead atoms. The van der Waals surface area contributed by atoms with Gasteiger partial charge >= 0.3 is 5.97 Å². The number of likely N-dealkylation sites (N-methyl/N-ethyl adjacent to an activating group) is 1. The molecule has 0 saturated heterocycles. The number of rotatable bonds is 8. The molecule has 154 valence electrons. The Kier molecular flexibility index (Phi) is 6.66. The first-order valence-electron chi connectivity index (χ1n) is 9.63. The van der Waals surface area contributed by atoms with E-state index in [1.54, 1.807) is 13.8 Å². The predicted molar refractivity (Wildman–Crippen MR) is 113 cm³/mol. The van der Waals surface area contributed by atoms with Gasteiger partial charge in [0.05, 0.1) is 19.0 Å². The van der Waals surface area contributed by atoms with Crippen molar-refractivity contribution in [3.8, 4) is 5.75 Å². The number of carbonyl (C=O) groups excluding carboxylic acids is 1. The number of nitrogens with zero attached hydrogens (tertiary/aromatic N) is 1. The summed E-state index contributed by atoms with van der Waals surface area (Å²) in [7, 11) is 2.03. The molecule has 2 aromatic heterocycles. The van der Waals surface area contributed by atoms with Crippen LogP contribution < -0.4 is 15.2 Å². The monoisotopic (exact) mass is 416 g/mol. The number of quaternary nitrogens is 1. The highest BCUT2D eigenvalue weighted by Crippen LogP contribution is 2.28. The summed E-state index contributed by atoms with van der Waals surface area (Å²) in [6, 6.07) is 9.62. The average Bonchev–Trinajstić information content (AvgIpc) is 3.05. The molecule has 7 nitrogen and oxygen atoms in total. The van der Waals surface area contributed by atoms with Crippen LogP contribution in [-0.4, -0.2) is 42.7 Å². The summed E-state index contributed by atoms with van der Waals surface area (Å²) in [5.74, 6) is 1.01. The summed E-state index contributed by atoms with van der Waals surface area (Å²) in [5.41, 5.74) is 0.392. The second-order valence-electron chi connectivity index (χ2n) is 6.89. The molecule has 0 fully saturated rings. The molecule has 3 aromatic rings. The molecule has 3 rings (SSSR count). The average molecular weight is 417 g/mol. The van der Waals surface area contributed by atoms with E-state index in [1.807, 2.05) is 44.3 Å². The lowest BCUT2D eigenvalue weighted by atomic mass is 10.2. The minimum absolute atomic E-state index is 0.0417. The van der Waals surface area contributed by atoms with Crippen LogP contribution in [0, 0.1) is 6.92 Å². The zero-order chi connectivity index (χ0) is 21.0. The van der Waals surface area contributed by atoms with Gasteiger partial charge in [-0.3, -0.25) is 4.79 Å². The number of hydrogen-bond acceptors (Lipinski definition) is 6. The lowest BCUT2D eigenvalue weighted by molar-refractivity contribution is -0.910. The number of aromatic nitrogens is 2. The minimum Gasteiger partial charge on any atom is -0.488 e. The number of thiophene rings is 1. The van der Waals surface area contributed by atoms with Crippen LogP contribution >= 0.6 is 11.3 Å². The van der Waals surface area contributed by atoms with Crippen LogP contribution in [0.25, 0.3) is 10.2 Å². The second-order valence-corrected chi connectivity index (χ2v) is 7.89. The number of fused-ring (bicyclic) bond motifs is 1. The molecule has 0 saturated carbocycles. The molecule has 0 radical (unpaired) electrons. The van der Waals surface area contributed by atoms with E-state index in [9.17, 15) is 9.59 Å². The third kappa shape index (κ3) is 4.65. The van der Waals surface area contributed by atoms with Crippen molar-refractivity contribution in [3.05, 3.63) is 57.0 Å². The van der Waals surface area contributed by atoms with Gasteiger partial charge in [-0.15, -0.1) is 11.3 Å². The van der Waals surface area contributed by atoms with Gasteiger partial charge in [0.1, 0.15) is 34.7 Å². The van der Waals surface area contributed by atoms with Crippen molar-refractivity contribution in [2.24, 2.45) is 0 Å². The standard InChI is InChI=1S/C21H25N3O4S/c1-5-27-21(26)17-13(2)16-19(25)22-18(23-20(16)29-17)14(3)24(4)11-12-28-15-9-7-6-8-10-15/h6-10,14H,5,11-12H2,1-4H3,(H,22,23,25)/p+1/t14-/m1/s1. The molecule has 2 atom stereocenters. The smallest absolute Gasteiger partial charge is 0.348 e. The maximum absolute atomic E-state index is 12.7. The molecule has 0 spiro atoms. The molecule has 0 amide bonds. The fourth-order valence-electron chi connectivity index (χ4n) is 3.05. The van der Waals surface area contributed by atoms with Crippen molar-refractivity contribution in [2.75, 3.05) is 26.8 Å². The number of H-pyrrole nitrogens is 1. The summed E-state index contributed by atoms with van der Waals surface area (Å²) < 4.78 is 10.9. The van der Waals surface area contributed by atoms with Gasteiger partial charge in [0, 0.05) is 0 Å². The summed E-state index contributed by atoms with van der Waals surface area (Å²) in [4.78, 5) is 34.5. The van der Waals surface area contributed by atoms with Gasteiger partial charge in [0.25, 0.3) is 5.56 Å². The van der Waals surface area contributed by atoms with Gasteiger partial charge in [-0.05, 0) is 38.5 Å². The summed E-state index contributed by atoms with van der Waals surface area (Å²) in [6.45, 7) is 7.11. The molecule has 1 aromatic carbocycles. The highest BCUT2D eigenvalue weighted by Gasteiger charge is 2.23. The molecule has 2 N–H and O–H groups in total. The number of nitrogens with one attached hydrogen (secondary N) is 2. The van der Waals surface area contributed by atoms with E-state index < -0.39 is 5.97 Å². The van der Waals surface area contributed by atoms with Crippen molar-refractivity contribution >= 4 is 27.5 Å². The zero-order valence-corrected chi connectivity index (χ0v) is 17.9. The molecular weight excluding hydrogens is 390 g/mol. The molecule has 0 aliphatic carbocycles. The van der Waals surface area contributed by atoms with E-state index in [2.05, 4.69) is 9.97 Å². The second kappa shape index (κ2) is 9.19. The van der Waals surface area contributed by atoms with Crippen LogP contribution in [0.2, 0.25) is 0 Å². The van der Waals surface area contributed by atoms with Gasteiger partial charge in [-0.25, -0.2) is 9.78 Å². The number of carbonyl (C=O) groups is 1. The molecule has 0 aliphatic heterocycles. The largest absolute Gasteiger partial charge is 0.488 e. The molecule has 2 heterocycles. The summed E-state index contributed by atoms with van der Waals surface area (Å²) >= 11 is 1.20. The third-order valence-corrected chi connectivity index (χ3v) is 6.10. The van der Waals surface area contributed by atoms with Crippen LogP contribution in [0.15, 0.2) is 35.1 Å². The first-order valence-corrected chi connectivity index (χ1v) is 10.4. The van der Waals surface area contributed by atoms with E-state index in [1.165, 1.54) is 11.3 Å². The van der Waals surface area contributed by atoms with Crippen LogP contribution in [0.5, 0.6) is 5.75 Å². The molecule has 8 heteroatoms. The Morgan fingerprint density at radius 1 is 1.31 bits per heavy atom.